The van der Waals surface area contributed by atoms with Crippen molar-refractivity contribution in [2.45, 2.75) is 26.9 Å². The van der Waals surface area contributed by atoms with Crippen molar-refractivity contribution >= 4 is 29.2 Å². The van der Waals surface area contributed by atoms with E-state index >= 15 is 0 Å². The molecular formula is C19H20N2O5. The predicted octanol–water partition coefficient (Wildman–Crippen LogP) is 2.84. The van der Waals surface area contributed by atoms with Crippen LogP contribution in [0.4, 0.5) is 11.4 Å². The normalized spacial score (nSPS) is 11.3. The molecule has 1 atom stereocenters. The molecule has 7 nitrogen and oxygen atoms in total. The number of amides is 2. The van der Waals surface area contributed by atoms with Gasteiger partial charge in [-0.25, -0.2) is 4.79 Å². The Balaban J connectivity index is 1.96. The molecule has 0 aromatic heterocycles. The zero-order valence-corrected chi connectivity index (χ0v) is 14.7. The number of esters is 1. The SMILES string of the molecule is CC(=O)Nc1ccc(NC(=O)[C@H](C)OC(=O)c2ccc(C)cc2O)cc1. The van der Waals surface area contributed by atoms with E-state index in [9.17, 15) is 19.5 Å². The van der Waals surface area contributed by atoms with E-state index in [1.807, 2.05) is 0 Å². The lowest BCUT2D eigenvalue weighted by Crippen LogP contribution is -2.30. The molecule has 7 heteroatoms. The highest BCUT2D eigenvalue weighted by atomic mass is 16.5. The van der Waals surface area contributed by atoms with Crippen LogP contribution in [-0.4, -0.2) is 29.0 Å². The average Bonchev–Trinajstić information content (AvgIpc) is 2.55. The van der Waals surface area contributed by atoms with Crippen molar-refractivity contribution in [3.05, 3.63) is 53.6 Å². The van der Waals surface area contributed by atoms with Gasteiger partial charge < -0.3 is 20.5 Å². The third-order valence-corrected chi connectivity index (χ3v) is 3.50. The van der Waals surface area contributed by atoms with Crippen LogP contribution < -0.4 is 10.6 Å². The minimum atomic E-state index is -1.06. The van der Waals surface area contributed by atoms with E-state index in [0.717, 1.165) is 5.56 Å². The summed E-state index contributed by atoms with van der Waals surface area (Å²) in [6.07, 6.45) is -1.06. The smallest absolute Gasteiger partial charge is 0.342 e. The Kier molecular flexibility index (Phi) is 5.95. The van der Waals surface area contributed by atoms with Crippen LogP contribution in [0.15, 0.2) is 42.5 Å². The molecule has 0 fully saturated rings. The number of carbonyl (C=O) groups is 3. The predicted molar refractivity (Wildman–Crippen MR) is 97.1 cm³/mol. The molecule has 0 unspecified atom stereocenters. The molecule has 26 heavy (non-hydrogen) atoms. The highest BCUT2D eigenvalue weighted by Gasteiger charge is 2.21. The topological polar surface area (TPSA) is 105 Å². The number of aryl methyl sites for hydroxylation is 1. The first kappa shape index (κ1) is 19.0. The lowest BCUT2D eigenvalue weighted by Gasteiger charge is -2.14. The van der Waals surface area contributed by atoms with E-state index in [2.05, 4.69) is 10.6 Å². The number of rotatable bonds is 5. The van der Waals surface area contributed by atoms with Crippen LogP contribution in [0.25, 0.3) is 0 Å². The maximum atomic E-state index is 12.2. The summed E-state index contributed by atoms with van der Waals surface area (Å²) in [4.78, 5) is 35.2. The van der Waals surface area contributed by atoms with Crippen LogP contribution in [0.5, 0.6) is 5.75 Å². The summed E-state index contributed by atoms with van der Waals surface area (Å²) in [6.45, 7) is 4.61. The number of aromatic hydroxyl groups is 1. The van der Waals surface area contributed by atoms with Gasteiger partial charge in [-0.2, -0.15) is 0 Å². The molecule has 0 spiro atoms. The molecular weight excluding hydrogens is 336 g/mol. The van der Waals surface area contributed by atoms with E-state index in [4.69, 9.17) is 4.74 Å². The van der Waals surface area contributed by atoms with Gasteiger partial charge in [0.1, 0.15) is 11.3 Å². The summed E-state index contributed by atoms with van der Waals surface area (Å²) in [5.41, 5.74) is 1.89. The molecule has 0 aliphatic heterocycles. The van der Waals surface area contributed by atoms with E-state index in [1.165, 1.54) is 26.0 Å². The minimum absolute atomic E-state index is 0.00471. The van der Waals surface area contributed by atoms with Crippen LogP contribution in [0.3, 0.4) is 0 Å². The lowest BCUT2D eigenvalue weighted by atomic mass is 10.1. The van der Waals surface area contributed by atoms with E-state index in [0.29, 0.717) is 11.4 Å². The fraction of sp³-hybridized carbons (Fsp3) is 0.211. The van der Waals surface area contributed by atoms with Crippen molar-refractivity contribution in [1.82, 2.24) is 0 Å². The molecule has 2 aromatic rings. The van der Waals surface area contributed by atoms with Gasteiger partial charge in [0.05, 0.1) is 0 Å². The lowest BCUT2D eigenvalue weighted by molar-refractivity contribution is -0.123. The molecule has 0 aliphatic carbocycles. The fourth-order valence-electron chi connectivity index (χ4n) is 2.18. The Labute approximate surface area is 151 Å². The number of benzene rings is 2. The first-order valence-corrected chi connectivity index (χ1v) is 7.95. The molecule has 136 valence electrons. The summed E-state index contributed by atoms with van der Waals surface area (Å²) in [5, 5.41) is 15.0. The average molecular weight is 356 g/mol. The maximum Gasteiger partial charge on any atom is 0.342 e. The van der Waals surface area contributed by atoms with Gasteiger partial charge in [-0.3, -0.25) is 9.59 Å². The second kappa shape index (κ2) is 8.15. The number of carbonyl (C=O) groups excluding carboxylic acids is 3. The molecule has 0 saturated heterocycles. The van der Waals surface area contributed by atoms with Gasteiger partial charge in [0.15, 0.2) is 6.10 Å². The first-order valence-electron chi connectivity index (χ1n) is 7.95. The highest BCUT2D eigenvalue weighted by molar-refractivity contribution is 5.98. The Hall–Kier alpha value is -3.35. The Morgan fingerprint density at radius 3 is 2.12 bits per heavy atom. The summed E-state index contributed by atoms with van der Waals surface area (Å²) in [7, 11) is 0. The molecule has 3 N–H and O–H groups in total. The molecule has 0 bridgehead atoms. The van der Waals surface area contributed by atoms with Gasteiger partial charge in [-0.15, -0.1) is 0 Å². The Morgan fingerprint density at radius 2 is 1.58 bits per heavy atom. The molecule has 0 saturated carbocycles. The van der Waals surface area contributed by atoms with Gasteiger partial charge in [-0.05, 0) is 55.8 Å². The Morgan fingerprint density at radius 1 is 1.00 bits per heavy atom. The second-order valence-electron chi connectivity index (χ2n) is 5.82. The van der Waals surface area contributed by atoms with Gasteiger partial charge in [0.25, 0.3) is 5.91 Å². The van der Waals surface area contributed by atoms with Crippen molar-refractivity contribution in [3.63, 3.8) is 0 Å². The minimum Gasteiger partial charge on any atom is -0.507 e. The first-order chi connectivity index (χ1) is 12.3. The van der Waals surface area contributed by atoms with Crippen molar-refractivity contribution in [2.75, 3.05) is 10.6 Å². The highest BCUT2D eigenvalue weighted by Crippen LogP contribution is 2.20. The quantitative estimate of drug-likeness (QED) is 0.715. The number of hydrogen-bond acceptors (Lipinski definition) is 5. The van der Waals surface area contributed by atoms with Crippen LogP contribution >= 0.6 is 0 Å². The zero-order chi connectivity index (χ0) is 19.3. The molecule has 0 aliphatic rings. The second-order valence-corrected chi connectivity index (χ2v) is 5.82. The fourth-order valence-corrected chi connectivity index (χ4v) is 2.18. The third-order valence-electron chi connectivity index (χ3n) is 3.50. The van der Waals surface area contributed by atoms with E-state index in [-0.39, 0.29) is 17.2 Å². The van der Waals surface area contributed by atoms with Crippen LogP contribution in [0, 0.1) is 6.92 Å². The van der Waals surface area contributed by atoms with Crippen molar-refractivity contribution in [3.8, 4) is 5.75 Å². The molecule has 0 radical (unpaired) electrons. The summed E-state index contributed by atoms with van der Waals surface area (Å²) in [6, 6.07) is 11.1. The molecule has 0 heterocycles. The summed E-state index contributed by atoms with van der Waals surface area (Å²) in [5.74, 6) is -1.69. The molecule has 2 amide bonds. The van der Waals surface area contributed by atoms with Gasteiger partial charge in [-0.1, -0.05) is 6.07 Å². The van der Waals surface area contributed by atoms with Crippen molar-refractivity contribution in [2.24, 2.45) is 0 Å². The van der Waals surface area contributed by atoms with Crippen LogP contribution in [0.2, 0.25) is 0 Å². The monoisotopic (exact) mass is 356 g/mol. The number of phenolic OH excluding ortho intramolecular Hbond substituents is 1. The zero-order valence-electron chi connectivity index (χ0n) is 14.7. The molecule has 2 rings (SSSR count). The van der Waals surface area contributed by atoms with Crippen LogP contribution in [-0.2, 0) is 14.3 Å². The largest absolute Gasteiger partial charge is 0.507 e. The Bertz CT molecular complexity index is 830. The number of nitrogens with one attached hydrogen (secondary N) is 2. The van der Waals surface area contributed by atoms with Crippen molar-refractivity contribution < 1.29 is 24.2 Å². The number of hydrogen-bond donors (Lipinski definition) is 3. The number of anilines is 2. The van der Waals surface area contributed by atoms with Crippen LogP contribution in [0.1, 0.15) is 29.8 Å². The van der Waals surface area contributed by atoms with E-state index in [1.54, 1.807) is 37.3 Å². The molecule has 2 aromatic carbocycles. The standard InChI is InChI=1S/C19H20N2O5/c1-11-4-9-16(17(23)10-11)19(25)26-12(2)18(24)21-15-7-5-14(6-8-15)20-13(3)22/h4-10,12,23H,1-3H3,(H,20,22)(H,21,24)/t12-/m0/s1. The number of phenols is 1. The summed E-state index contributed by atoms with van der Waals surface area (Å²) < 4.78 is 5.10. The summed E-state index contributed by atoms with van der Waals surface area (Å²) >= 11 is 0. The van der Waals surface area contributed by atoms with Gasteiger partial charge in [0.2, 0.25) is 5.91 Å². The van der Waals surface area contributed by atoms with Gasteiger partial charge >= 0.3 is 5.97 Å². The maximum absolute atomic E-state index is 12.2. The van der Waals surface area contributed by atoms with E-state index < -0.39 is 18.0 Å². The van der Waals surface area contributed by atoms with Gasteiger partial charge in [0, 0.05) is 18.3 Å². The number of ether oxygens (including phenoxy) is 1. The van der Waals surface area contributed by atoms with Crippen molar-refractivity contribution in [1.29, 1.82) is 0 Å². The third kappa shape index (κ3) is 5.07.